The topological polar surface area (TPSA) is 15.3 Å². The second kappa shape index (κ2) is 8.16. The van der Waals surface area contributed by atoms with Crippen LogP contribution in [-0.2, 0) is 0 Å². The Morgan fingerprint density at radius 1 is 1.22 bits per heavy atom. The molecule has 0 bridgehead atoms. The Bertz CT molecular complexity index is 215. The third-order valence-electron chi connectivity index (χ3n) is 4.58. The number of nitrogens with zero attached hydrogens (tertiary/aromatic N) is 1. The molecule has 0 aromatic carbocycles. The molecule has 0 aromatic rings. The summed E-state index contributed by atoms with van der Waals surface area (Å²) >= 11 is 0. The molecule has 0 aliphatic heterocycles. The van der Waals surface area contributed by atoms with E-state index >= 15 is 0 Å². The monoisotopic (exact) mass is 254 g/mol. The fourth-order valence-corrected chi connectivity index (χ4v) is 3.24. The lowest BCUT2D eigenvalue weighted by Gasteiger charge is -2.39. The second-order valence-corrected chi connectivity index (χ2v) is 6.57. The fourth-order valence-electron chi connectivity index (χ4n) is 3.24. The van der Waals surface area contributed by atoms with Gasteiger partial charge >= 0.3 is 0 Å². The smallest absolute Gasteiger partial charge is 0.0217 e. The molecule has 108 valence electrons. The summed E-state index contributed by atoms with van der Waals surface area (Å²) in [7, 11) is 2.33. The maximum Gasteiger partial charge on any atom is 0.0217 e. The molecule has 1 N–H and O–H groups in total. The van der Waals surface area contributed by atoms with Crippen LogP contribution in [0.1, 0.15) is 59.8 Å². The SMILES string of the molecule is CCCNC(CN(C)C1CCCCC1C)C(C)C. The zero-order chi connectivity index (χ0) is 13.5. The van der Waals surface area contributed by atoms with E-state index in [-0.39, 0.29) is 0 Å². The maximum absolute atomic E-state index is 3.71. The van der Waals surface area contributed by atoms with Crippen molar-refractivity contribution in [2.45, 2.75) is 71.9 Å². The molecule has 0 spiro atoms. The summed E-state index contributed by atoms with van der Waals surface area (Å²) in [6.45, 7) is 11.7. The molecule has 2 nitrogen and oxygen atoms in total. The Hall–Kier alpha value is -0.0800. The van der Waals surface area contributed by atoms with E-state index in [1.54, 1.807) is 0 Å². The van der Waals surface area contributed by atoms with E-state index < -0.39 is 0 Å². The summed E-state index contributed by atoms with van der Waals surface area (Å²) in [4.78, 5) is 2.62. The van der Waals surface area contributed by atoms with Gasteiger partial charge in [0.2, 0.25) is 0 Å². The summed E-state index contributed by atoms with van der Waals surface area (Å²) in [6.07, 6.45) is 6.91. The number of likely N-dealkylation sites (N-methyl/N-ethyl adjacent to an activating group) is 1. The highest BCUT2D eigenvalue weighted by Gasteiger charge is 2.26. The zero-order valence-electron chi connectivity index (χ0n) is 13.2. The molecule has 1 aliphatic carbocycles. The summed E-state index contributed by atoms with van der Waals surface area (Å²) in [5, 5.41) is 3.71. The Morgan fingerprint density at radius 2 is 1.89 bits per heavy atom. The summed E-state index contributed by atoms with van der Waals surface area (Å²) in [6, 6.07) is 1.45. The Labute approximate surface area is 115 Å². The molecular weight excluding hydrogens is 220 g/mol. The van der Waals surface area contributed by atoms with Gasteiger partial charge < -0.3 is 10.2 Å². The minimum Gasteiger partial charge on any atom is -0.312 e. The summed E-state index contributed by atoms with van der Waals surface area (Å²) in [5.41, 5.74) is 0. The Kier molecular flexibility index (Phi) is 7.25. The van der Waals surface area contributed by atoms with E-state index in [0.29, 0.717) is 6.04 Å². The quantitative estimate of drug-likeness (QED) is 0.748. The van der Waals surface area contributed by atoms with Gasteiger partial charge in [-0.15, -0.1) is 0 Å². The molecule has 18 heavy (non-hydrogen) atoms. The van der Waals surface area contributed by atoms with Gasteiger partial charge in [0.05, 0.1) is 0 Å². The van der Waals surface area contributed by atoms with Crippen molar-refractivity contribution in [1.29, 1.82) is 0 Å². The van der Waals surface area contributed by atoms with Crippen molar-refractivity contribution in [1.82, 2.24) is 10.2 Å². The van der Waals surface area contributed by atoms with E-state index in [4.69, 9.17) is 0 Å². The van der Waals surface area contributed by atoms with Gasteiger partial charge in [-0.2, -0.15) is 0 Å². The zero-order valence-corrected chi connectivity index (χ0v) is 13.2. The molecule has 0 radical (unpaired) electrons. The van der Waals surface area contributed by atoms with Crippen LogP contribution in [0.5, 0.6) is 0 Å². The molecule has 1 fully saturated rings. The lowest BCUT2D eigenvalue weighted by molar-refractivity contribution is 0.120. The van der Waals surface area contributed by atoms with Gasteiger partial charge in [-0.1, -0.05) is 40.5 Å². The molecule has 1 rings (SSSR count). The van der Waals surface area contributed by atoms with Gasteiger partial charge in [0.1, 0.15) is 0 Å². The van der Waals surface area contributed by atoms with Crippen LogP contribution in [0.3, 0.4) is 0 Å². The van der Waals surface area contributed by atoms with Crippen molar-refractivity contribution in [3.8, 4) is 0 Å². The van der Waals surface area contributed by atoms with Crippen LogP contribution in [-0.4, -0.2) is 37.1 Å². The number of hydrogen-bond acceptors (Lipinski definition) is 2. The van der Waals surface area contributed by atoms with Gasteiger partial charge in [0.25, 0.3) is 0 Å². The molecule has 2 heteroatoms. The minimum absolute atomic E-state index is 0.643. The lowest BCUT2D eigenvalue weighted by atomic mass is 9.84. The van der Waals surface area contributed by atoms with Crippen LogP contribution in [0.2, 0.25) is 0 Å². The van der Waals surface area contributed by atoms with Crippen LogP contribution < -0.4 is 5.32 Å². The van der Waals surface area contributed by atoms with Gasteiger partial charge in [-0.25, -0.2) is 0 Å². The first-order valence-electron chi connectivity index (χ1n) is 7.99. The third-order valence-corrected chi connectivity index (χ3v) is 4.58. The molecule has 1 aliphatic rings. The van der Waals surface area contributed by atoms with Crippen molar-refractivity contribution in [2.24, 2.45) is 11.8 Å². The number of rotatable bonds is 7. The van der Waals surface area contributed by atoms with E-state index in [1.165, 1.54) is 38.6 Å². The van der Waals surface area contributed by atoms with Gasteiger partial charge in [0.15, 0.2) is 0 Å². The van der Waals surface area contributed by atoms with Crippen LogP contribution in [0.15, 0.2) is 0 Å². The van der Waals surface area contributed by atoms with E-state index in [0.717, 1.165) is 24.4 Å². The Balaban J connectivity index is 2.45. The third kappa shape index (κ3) is 4.89. The van der Waals surface area contributed by atoms with Crippen molar-refractivity contribution in [2.75, 3.05) is 20.1 Å². The van der Waals surface area contributed by atoms with Crippen molar-refractivity contribution in [3.05, 3.63) is 0 Å². The molecule has 0 aromatic heterocycles. The molecule has 3 atom stereocenters. The molecular formula is C16H34N2. The summed E-state index contributed by atoms with van der Waals surface area (Å²) < 4.78 is 0. The van der Waals surface area contributed by atoms with Gasteiger partial charge in [-0.05, 0) is 44.7 Å². The van der Waals surface area contributed by atoms with Crippen molar-refractivity contribution in [3.63, 3.8) is 0 Å². The van der Waals surface area contributed by atoms with Crippen molar-refractivity contribution >= 4 is 0 Å². The largest absolute Gasteiger partial charge is 0.312 e. The lowest BCUT2D eigenvalue weighted by Crippen LogP contribution is -2.48. The summed E-state index contributed by atoms with van der Waals surface area (Å²) in [5.74, 6) is 1.60. The molecule has 0 heterocycles. The maximum atomic E-state index is 3.71. The number of nitrogens with one attached hydrogen (secondary N) is 1. The fraction of sp³-hybridized carbons (Fsp3) is 1.00. The van der Waals surface area contributed by atoms with E-state index in [1.807, 2.05) is 0 Å². The minimum atomic E-state index is 0.643. The average Bonchev–Trinajstić information content (AvgIpc) is 2.34. The van der Waals surface area contributed by atoms with Crippen LogP contribution in [0.4, 0.5) is 0 Å². The van der Waals surface area contributed by atoms with Gasteiger partial charge in [-0.3, -0.25) is 0 Å². The van der Waals surface area contributed by atoms with Crippen molar-refractivity contribution < 1.29 is 0 Å². The van der Waals surface area contributed by atoms with E-state index in [2.05, 4.69) is 45.0 Å². The predicted molar refractivity (Wildman–Crippen MR) is 81.0 cm³/mol. The number of hydrogen-bond donors (Lipinski definition) is 1. The van der Waals surface area contributed by atoms with Crippen LogP contribution in [0, 0.1) is 11.8 Å². The molecule has 1 saturated carbocycles. The highest BCUT2D eigenvalue weighted by atomic mass is 15.2. The first kappa shape index (κ1) is 16.0. The standard InChI is InChI=1S/C16H34N2/c1-6-11-17-15(13(2)3)12-18(5)16-10-8-7-9-14(16)4/h13-17H,6-12H2,1-5H3. The first-order chi connectivity index (χ1) is 8.56. The Morgan fingerprint density at radius 3 is 2.44 bits per heavy atom. The molecule has 0 amide bonds. The predicted octanol–water partition coefficient (Wildman–Crippen LogP) is 3.52. The average molecular weight is 254 g/mol. The van der Waals surface area contributed by atoms with Gasteiger partial charge in [0, 0.05) is 18.6 Å². The first-order valence-corrected chi connectivity index (χ1v) is 7.99. The van der Waals surface area contributed by atoms with Crippen LogP contribution in [0.25, 0.3) is 0 Å². The molecule has 0 saturated heterocycles. The highest BCUT2D eigenvalue weighted by molar-refractivity contribution is 4.83. The van der Waals surface area contributed by atoms with E-state index in [9.17, 15) is 0 Å². The normalized spacial score (nSPS) is 26.8. The highest BCUT2D eigenvalue weighted by Crippen LogP contribution is 2.27. The second-order valence-electron chi connectivity index (χ2n) is 6.57. The van der Waals surface area contributed by atoms with Crippen LogP contribution >= 0.6 is 0 Å². The molecule has 3 unspecified atom stereocenters.